The molecule has 0 aromatic heterocycles. The van der Waals surface area contributed by atoms with E-state index in [1.807, 2.05) is 4.90 Å². The van der Waals surface area contributed by atoms with Crippen LogP contribution in [-0.2, 0) is 4.74 Å². The third kappa shape index (κ3) is 4.91. The lowest BCUT2D eigenvalue weighted by Crippen LogP contribution is -2.47. The second kappa shape index (κ2) is 7.81. The zero-order valence-electron chi connectivity index (χ0n) is 14.2. The lowest BCUT2D eigenvalue weighted by molar-refractivity contribution is -0.138. The summed E-state index contributed by atoms with van der Waals surface area (Å²) in [5, 5.41) is 0. The minimum absolute atomic E-state index is 0.00209. The zero-order chi connectivity index (χ0) is 18.6. The van der Waals surface area contributed by atoms with Crippen LogP contribution < -0.4 is 15.4 Å². The van der Waals surface area contributed by atoms with Gasteiger partial charge in [0, 0.05) is 38.4 Å². The molecule has 1 aliphatic rings. The fourth-order valence-electron chi connectivity index (χ4n) is 2.78. The average Bonchev–Trinajstić information content (AvgIpc) is 2.59. The quantitative estimate of drug-likeness (QED) is 0.640. The average molecular weight is 361 g/mol. The van der Waals surface area contributed by atoms with E-state index in [-0.39, 0.29) is 17.8 Å². The van der Waals surface area contributed by atoms with E-state index in [0.29, 0.717) is 37.6 Å². The molecule has 2 rings (SSSR count). The number of alkyl halides is 3. The lowest BCUT2D eigenvalue weighted by atomic mass is 10.1. The van der Waals surface area contributed by atoms with Crippen molar-refractivity contribution in [3.63, 3.8) is 0 Å². The van der Waals surface area contributed by atoms with E-state index in [0.717, 1.165) is 0 Å². The van der Waals surface area contributed by atoms with Crippen molar-refractivity contribution in [2.45, 2.75) is 12.6 Å². The van der Waals surface area contributed by atoms with Crippen LogP contribution in [0.2, 0.25) is 0 Å². The van der Waals surface area contributed by atoms with E-state index < -0.39 is 18.6 Å². The molecule has 0 bridgehead atoms. The third-order valence-corrected chi connectivity index (χ3v) is 4.18. The summed E-state index contributed by atoms with van der Waals surface area (Å²) in [5.41, 5.74) is 7.12. The topological polar surface area (TPSA) is 68.0 Å². The van der Waals surface area contributed by atoms with Crippen LogP contribution in [-0.4, -0.2) is 64.0 Å². The van der Waals surface area contributed by atoms with Gasteiger partial charge in [-0.25, -0.2) is 4.79 Å². The summed E-state index contributed by atoms with van der Waals surface area (Å²) in [6.07, 6.45) is -4.95. The van der Waals surface area contributed by atoms with Crippen molar-refractivity contribution in [1.82, 2.24) is 4.90 Å². The van der Waals surface area contributed by atoms with E-state index in [1.54, 1.807) is 11.0 Å². The number of piperazine rings is 1. The Balaban J connectivity index is 2.07. The highest BCUT2D eigenvalue weighted by molar-refractivity contribution is 5.97. The first-order valence-electron chi connectivity index (χ1n) is 7.85. The van der Waals surface area contributed by atoms with E-state index >= 15 is 0 Å². The predicted octanol–water partition coefficient (Wildman–Crippen LogP) is 2.14. The normalized spacial score (nSPS) is 16.0. The minimum atomic E-state index is -4.14. The Labute approximate surface area is 144 Å². The van der Waals surface area contributed by atoms with Gasteiger partial charge in [0.05, 0.1) is 31.9 Å². The molecule has 0 saturated carbocycles. The molecule has 2 N–H and O–H groups in total. The smallest absolute Gasteiger partial charge is 0.390 e. The maximum atomic E-state index is 12.3. The monoisotopic (exact) mass is 361 g/mol. The highest BCUT2D eigenvalue weighted by Crippen LogP contribution is 2.34. The van der Waals surface area contributed by atoms with Crippen molar-refractivity contribution >= 4 is 17.3 Å². The molecule has 1 aliphatic heterocycles. The predicted molar refractivity (Wildman–Crippen MR) is 88.1 cm³/mol. The van der Waals surface area contributed by atoms with Crippen LogP contribution >= 0.6 is 0 Å². The number of carbonyl (C=O) groups is 1. The summed E-state index contributed by atoms with van der Waals surface area (Å²) in [6.45, 7) is 2.12. The number of hydrogen-bond donors (Lipinski definition) is 1. The van der Waals surface area contributed by atoms with Crippen LogP contribution in [0.15, 0.2) is 12.1 Å². The number of nitrogen functional groups attached to an aromatic ring is 1. The van der Waals surface area contributed by atoms with Gasteiger partial charge in [-0.3, -0.25) is 4.90 Å². The van der Waals surface area contributed by atoms with Gasteiger partial charge in [0.15, 0.2) is 0 Å². The molecule has 1 aromatic carbocycles. The standard InChI is InChI=1S/C16H22F3N3O3/c1-24-14-9-11(15(23)25-2)12(20)10-13(14)22-7-5-21(6-8-22)4-3-16(17,18)19/h9-10H,3-8,20H2,1-2H3. The zero-order valence-corrected chi connectivity index (χ0v) is 14.2. The Kier molecular flexibility index (Phi) is 5.99. The molecule has 0 atom stereocenters. The molecule has 0 aliphatic carbocycles. The molecular formula is C16H22F3N3O3. The van der Waals surface area contributed by atoms with Crippen LogP contribution in [0.4, 0.5) is 24.5 Å². The Bertz CT molecular complexity index is 615. The van der Waals surface area contributed by atoms with E-state index in [1.165, 1.54) is 20.3 Å². The van der Waals surface area contributed by atoms with Crippen LogP contribution in [0.1, 0.15) is 16.8 Å². The summed E-state index contributed by atoms with van der Waals surface area (Å²) < 4.78 is 47.0. The molecule has 0 spiro atoms. The van der Waals surface area contributed by atoms with Gasteiger partial charge in [0.25, 0.3) is 0 Å². The number of benzene rings is 1. The van der Waals surface area contributed by atoms with Gasteiger partial charge in [0.1, 0.15) is 5.75 Å². The first-order valence-corrected chi connectivity index (χ1v) is 7.85. The lowest BCUT2D eigenvalue weighted by Gasteiger charge is -2.37. The second-order valence-electron chi connectivity index (χ2n) is 5.80. The summed E-state index contributed by atoms with van der Waals surface area (Å²) >= 11 is 0. The first kappa shape index (κ1) is 19.2. The van der Waals surface area contributed by atoms with Crippen molar-refractivity contribution in [2.75, 3.05) is 57.6 Å². The molecule has 25 heavy (non-hydrogen) atoms. The number of rotatable bonds is 5. The largest absolute Gasteiger partial charge is 0.495 e. The second-order valence-corrected chi connectivity index (χ2v) is 5.80. The maximum Gasteiger partial charge on any atom is 0.390 e. The van der Waals surface area contributed by atoms with Gasteiger partial charge >= 0.3 is 12.1 Å². The Hall–Kier alpha value is -2.16. The molecule has 1 fully saturated rings. The molecule has 6 nitrogen and oxygen atoms in total. The number of hydrogen-bond acceptors (Lipinski definition) is 6. The number of halogens is 3. The number of nitrogens with zero attached hydrogens (tertiary/aromatic N) is 2. The van der Waals surface area contributed by atoms with Gasteiger partial charge in [-0.15, -0.1) is 0 Å². The summed E-state index contributed by atoms with van der Waals surface area (Å²) in [6, 6.07) is 3.16. The molecule has 0 unspecified atom stereocenters. The molecule has 140 valence electrons. The van der Waals surface area contributed by atoms with Gasteiger partial charge < -0.3 is 20.1 Å². The number of nitrogens with two attached hydrogens (primary N) is 1. The van der Waals surface area contributed by atoms with Gasteiger partial charge in [-0.05, 0) is 12.1 Å². The van der Waals surface area contributed by atoms with Crippen LogP contribution in [0.5, 0.6) is 5.75 Å². The summed E-state index contributed by atoms with van der Waals surface area (Å²) in [5.74, 6) is -0.0855. The molecule has 0 radical (unpaired) electrons. The highest BCUT2D eigenvalue weighted by Gasteiger charge is 2.29. The van der Waals surface area contributed by atoms with Crippen molar-refractivity contribution in [2.24, 2.45) is 0 Å². The van der Waals surface area contributed by atoms with Gasteiger partial charge in [-0.2, -0.15) is 13.2 Å². The number of carbonyl (C=O) groups excluding carboxylic acids is 1. The van der Waals surface area contributed by atoms with Crippen molar-refractivity contribution in [3.8, 4) is 5.75 Å². The Morgan fingerprint density at radius 3 is 2.36 bits per heavy atom. The Morgan fingerprint density at radius 2 is 1.84 bits per heavy atom. The molecule has 9 heteroatoms. The minimum Gasteiger partial charge on any atom is -0.495 e. The third-order valence-electron chi connectivity index (χ3n) is 4.18. The molecule has 1 aromatic rings. The number of methoxy groups -OCH3 is 2. The SMILES string of the molecule is COC(=O)c1cc(OC)c(N2CCN(CCC(F)(F)F)CC2)cc1N. The maximum absolute atomic E-state index is 12.3. The number of anilines is 2. The van der Waals surface area contributed by atoms with Crippen molar-refractivity contribution in [3.05, 3.63) is 17.7 Å². The van der Waals surface area contributed by atoms with Crippen molar-refractivity contribution in [1.29, 1.82) is 0 Å². The molecule has 1 saturated heterocycles. The summed E-state index contributed by atoms with van der Waals surface area (Å²) in [7, 11) is 2.75. The van der Waals surface area contributed by atoms with E-state index in [9.17, 15) is 18.0 Å². The van der Waals surface area contributed by atoms with Gasteiger partial charge in [0.2, 0.25) is 0 Å². The number of ether oxygens (including phenoxy) is 2. The summed E-state index contributed by atoms with van der Waals surface area (Å²) in [4.78, 5) is 15.5. The van der Waals surface area contributed by atoms with E-state index in [2.05, 4.69) is 4.74 Å². The van der Waals surface area contributed by atoms with Gasteiger partial charge in [-0.1, -0.05) is 0 Å². The molecule has 1 heterocycles. The Morgan fingerprint density at radius 1 is 1.20 bits per heavy atom. The fourth-order valence-corrected chi connectivity index (χ4v) is 2.78. The molecule has 0 amide bonds. The van der Waals surface area contributed by atoms with E-state index in [4.69, 9.17) is 10.5 Å². The number of esters is 1. The highest BCUT2D eigenvalue weighted by atomic mass is 19.4. The first-order chi connectivity index (χ1) is 11.7. The van der Waals surface area contributed by atoms with Crippen LogP contribution in [0.25, 0.3) is 0 Å². The molecular weight excluding hydrogens is 339 g/mol. The fraction of sp³-hybridized carbons (Fsp3) is 0.562. The van der Waals surface area contributed by atoms with Crippen LogP contribution in [0, 0.1) is 0 Å². The van der Waals surface area contributed by atoms with Crippen molar-refractivity contribution < 1.29 is 27.4 Å². The van der Waals surface area contributed by atoms with Crippen LogP contribution in [0.3, 0.4) is 0 Å².